The molecular formula is C12H11ClN2O3. The molecule has 1 aromatic heterocycles. The zero-order valence-electron chi connectivity index (χ0n) is 9.67. The highest BCUT2D eigenvalue weighted by Crippen LogP contribution is 2.19. The van der Waals surface area contributed by atoms with Crippen LogP contribution in [0.1, 0.15) is 5.69 Å². The van der Waals surface area contributed by atoms with Crippen molar-refractivity contribution in [2.75, 3.05) is 6.07 Å². The van der Waals surface area contributed by atoms with Crippen LogP contribution in [0.25, 0.3) is 5.69 Å². The molecule has 1 aromatic carbocycles. The van der Waals surface area contributed by atoms with Crippen molar-refractivity contribution in [3.05, 3.63) is 42.1 Å². The van der Waals surface area contributed by atoms with Crippen LogP contribution in [0.3, 0.4) is 0 Å². The summed E-state index contributed by atoms with van der Waals surface area (Å²) in [6.07, 6.45) is -0.859. The number of para-hydroxylation sites is 1. The molecule has 0 bridgehead atoms. The van der Waals surface area contributed by atoms with Gasteiger partial charge in [0.1, 0.15) is 0 Å². The number of alkyl halides is 1. The quantitative estimate of drug-likeness (QED) is 0.633. The third kappa shape index (κ3) is 2.81. The van der Waals surface area contributed by atoms with Gasteiger partial charge in [-0.3, -0.25) is 0 Å². The minimum absolute atomic E-state index is 0.253. The summed E-state index contributed by atoms with van der Waals surface area (Å²) >= 11 is 5.28. The molecule has 0 saturated carbocycles. The molecule has 0 aliphatic carbocycles. The molecule has 2 rings (SSSR count). The lowest BCUT2D eigenvalue weighted by Gasteiger charge is -2.06. The molecule has 0 aliphatic heterocycles. The number of carbonyl (C=O) groups excluding carboxylic acids is 1. The summed E-state index contributed by atoms with van der Waals surface area (Å²) in [5.41, 5.74) is 1.52. The van der Waals surface area contributed by atoms with Gasteiger partial charge in [-0.25, -0.2) is 9.48 Å². The third-order valence-corrected chi connectivity index (χ3v) is 2.27. The summed E-state index contributed by atoms with van der Waals surface area (Å²) in [5.74, 6) is 0.286. The fraction of sp³-hybridized carbons (Fsp3) is 0.167. The standard InChI is InChI=1S/C12H11ClN2O3/c1-9-7-11(18-12(16)17-8-13)15(14-9)10-5-3-2-4-6-10/h2-7H,8H2,1H3. The highest BCUT2D eigenvalue weighted by molar-refractivity contribution is 6.17. The van der Waals surface area contributed by atoms with Gasteiger partial charge in [0, 0.05) is 6.07 Å². The first-order chi connectivity index (χ1) is 8.70. The number of nitrogens with zero attached hydrogens (tertiary/aromatic N) is 2. The molecule has 0 radical (unpaired) electrons. The van der Waals surface area contributed by atoms with Crippen LogP contribution in [0.4, 0.5) is 4.79 Å². The van der Waals surface area contributed by atoms with Crippen LogP contribution >= 0.6 is 11.6 Å². The highest BCUT2D eigenvalue weighted by atomic mass is 35.5. The van der Waals surface area contributed by atoms with E-state index in [4.69, 9.17) is 16.3 Å². The first-order valence-electron chi connectivity index (χ1n) is 5.23. The molecule has 94 valence electrons. The summed E-state index contributed by atoms with van der Waals surface area (Å²) in [6.45, 7) is 1.80. The van der Waals surface area contributed by atoms with Crippen molar-refractivity contribution in [1.82, 2.24) is 9.78 Å². The van der Waals surface area contributed by atoms with E-state index >= 15 is 0 Å². The zero-order chi connectivity index (χ0) is 13.0. The molecule has 0 amide bonds. The minimum Gasteiger partial charge on any atom is -0.418 e. The SMILES string of the molecule is Cc1cc(OC(=O)OCCl)n(-c2ccccc2)n1. The van der Waals surface area contributed by atoms with E-state index in [1.807, 2.05) is 30.3 Å². The van der Waals surface area contributed by atoms with E-state index < -0.39 is 6.16 Å². The van der Waals surface area contributed by atoms with Gasteiger partial charge in [0.15, 0.2) is 6.07 Å². The van der Waals surface area contributed by atoms with Crippen LogP contribution in [-0.2, 0) is 4.74 Å². The fourth-order valence-electron chi connectivity index (χ4n) is 1.46. The van der Waals surface area contributed by atoms with Crippen LogP contribution < -0.4 is 4.74 Å². The predicted octanol–water partition coefficient (Wildman–Crippen LogP) is 2.89. The summed E-state index contributed by atoms with van der Waals surface area (Å²) < 4.78 is 11.0. The molecule has 0 atom stereocenters. The van der Waals surface area contributed by atoms with Crippen LogP contribution in [-0.4, -0.2) is 22.0 Å². The maximum absolute atomic E-state index is 11.2. The van der Waals surface area contributed by atoms with Gasteiger partial charge < -0.3 is 9.47 Å². The van der Waals surface area contributed by atoms with Crippen molar-refractivity contribution in [2.24, 2.45) is 0 Å². The first-order valence-corrected chi connectivity index (χ1v) is 5.77. The van der Waals surface area contributed by atoms with E-state index in [1.165, 1.54) is 4.68 Å². The second kappa shape index (κ2) is 5.55. The smallest absolute Gasteiger partial charge is 0.418 e. The molecule has 18 heavy (non-hydrogen) atoms. The van der Waals surface area contributed by atoms with Crippen LogP contribution in [0.15, 0.2) is 36.4 Å². The summed E-state index contributed by atoms with van der Waals surface area (Å²) in [7, 11) is 0. The third-order valence-electron chi connectivity index (χ3n) is 2.16. The maximum atomic E-state index is 11.2. The number of hydrogen-bond acceptors (Lipinski definition) is 4. The Morgan fingerprint density at radius 2 is 2.11 bits per heavy atom. The molecular weight excluding hydrogens is 256 g/mol. The monoisotopic (exact) mass is 266 g/mol. The zero-order valence-corrected chi connectivity index (χ0v) is 10.4. The topological polar surface area (TPSA) is 53.4 Å². The van der Waals surface area contributed by atoms with E-state index in [0.717, 1.165) is 11.4 Å². The van der Waals surface area contributed by atoms with Crippen molar-refractivity contribution in [3.8, 4) is 11.6 Å². The molecule has 2 aromatic rings. The van der Waals surface area contributed by atoms with E-state index in [1.54, 1.807) is 13.0 Å². The van der Waals surface area contributed by atoms with Gasteiger partial charge in [0.25, 0.3) is 0 Å². The van der Waals surface area contributed by atoms with Gasteiger partial charge in [-0.2, -0.15) is 5.10 Å². The lowest BCUT2D eigenvalue weighted by molar-refractivity contribution is 0.112. The number of hydrogen-bond donors (Lipinski definition) is 0. The number of benzene rings is 1. The Hall–Kier alpha value is -2.01. The van der Waals surface area contributed by atoms with Crippen LogP contribution in [0, 0.1) is 6.92 Å². The Morgan fingerprint density at radius 3 is 2.78 bits per heavy atom. The van der Waals surface area contributed by atoms with Gasteiger partial charge in [0.2, 0.25) is 5.88 Å². The molecule has 0 unspecified atom stereocenters. The average molecular weight is 267 g/mol. The number of aromatic nitrogens is 2. The van der Waals surface area contributed by atoms with Gasteiger partial charge >= 0.3 is 6.16 Å². The summed E-state index contributed by atoms with van der Waals surface area (Å²) in [6, 6.07) is 10.7. The summed E-state index contributed by atoms with van der Waals surface area (Å²) in [4.78, 5) is 11.2. The first kappa shape index (κ1) is 12.4. The number of halogens is 1. The average Bonchev–Trinajstić information content (AvgIpc) is 2.71. The molecule has 5 nitrogen and oxygen atoms in total. The Morgan fingerprint density at radius 1 is 1.39 bits per heavy atom. The molecule has 0 N–H and O–H groups in total. The number of ether oxygens (including phenoxy) is 2. The second-order valence-electron chi connectivity index (χ2n) is 3.48. The highest BCUT2D eigenvalue weighted by Gasteiger charge is 2.13. The molecule has 1 heterocycles. The van der Waals surface area contributed by atoms with E-state index in [0.29, 0.717) is 0 Å². The molecule has 6 heteroatoms. The van der Waals surface area contributed by atoms with E-state index in [-0.39, 0.29) is 11.9 Å². The second-order valence-corrected chi connectivity index (χ2v) is 3.70. The minimum atomic E-state index is -0.859. The van der Waals surface area contributed by atoms with Crippen LogP contribution in [0.2, 0.25) is 0 Å². The Balaban J connectivity index is 2.29. The number of aryl methyl sites for hydroxylation is 1. The predicted molar refractivity (Wildman–Crippen MR) is 66.1 cm³/mol. The van der Waals surface area contributed by atoms with Crippen molar-refractivity contribution in [3.63, 3.8) is 0 Å². The number of carbonyl (C=O) groups is 1. The van der Waals surface area contributed by atoms with E-state index in [2.05, 4.69) is 9.84 Å². The lowest BCUT2D eigenvalue weighted by atomic mass is 10.3. The van der Waals surface area contributed by atoms with Crippen molar-refractivity contribution in [1.29, 1.82) is 0 Å². The van der Waals surface area contributed by atoms with Gasteiger partial charge in [-0.05, 0) is 19.1 Å². The van der Waals surface area contributed by atoms with Gasteiger partial charge in [0.05, 0.1) is 11.4 Å². The van der Waals surface area contributed by atoms with Crippen molar-refractivity contribution < 1.29 is 14.3 Å². The largest absolute Gasteiger partial charge is 0.516 e. The van der Waals surface area contributed by atoms with Crippen LogP contribution in [0.5, 0.6) is 5.88 Å². The normalized spacial score (nSPS) is 10.1. The van der Waals surface area contributed by atoms with E-state index in [9.17, 15) is 4.79 Å². The Kier molecular flexibility index (Phi) is 3.84. The summed E-state index contributed by atoms with van der Waals surface area (Å²) in [5, 5.41) is 4.24. The lowest BCUT2D eigenvalue weighted by Crippen LogP contribution is -2.12. The van der Waals surface area contributed by atoms with Crippen molar-refractivity contribution in [2.45, 2.75) is 6.92 Å². The number of rotatable bonds is 3. The molecule has 0 aliphatic rings. The molecule has 0 spiro atoms. The van der Waals surface area contributed by atoms with Crippen molar-refractivity contribution >= 4 is 17.8 Å². The Labute approximate surface area is 109 Å². The molecule has 0 fully saturated rings. The maximum Gasteiger partial charge on any atom is 0.516 e. The molecule has 0 saturated heterocycles. The Bertz CT molecular complexity index is 540. The fourth-order valence-corrected chi connectivity index (χ4v) is 1.55. The van der Waals surface area contributed by atoms with Gasteiger partial charge in [-0.1, -0.05) is 29.8 Å². The van der Waals surface area contributed by atoms with Gasteiger partial charge in [-0.15, -0.1) is 0 Å².